The monoisotopic (exact) mass is 239 g/mol. The minimum Gasteiger partial charge on any atom is -0.299 e. The van der Waals surface area contributed by atoms with Crippen LogP contribution in [0, 0.1) is 5.92 Å². The molecule has 0 radical (unpaired) electrons. The van der Waals surface area contributed by atoms with Gasteiger partial charge < -0.3 is 0 Å². The normalized spacial score (nSPS) is 15.8. The van der Waals surface area contributed by atoms with Gasteiger partial charge in [-0.2, -0.15) is 0 Å². The summed E-state index contributed by atoms with van der Waals surface area (Å²) in [6.45, 7) is 0. The maximum Gasteiger partial charge on any atom is 0.141 e. The van der Waals surface area contributed by atoms with Crippen molar-refractivity contribution < 1.29 is 4.79 Å². The van der Waals surface area contributed by atoms with Crippen LogP contribution in [0.1, 0.15) is 18.5 Å². The SMILES string of the molecule is O=C(Cc1ncccc1Br)C1CC1. The predicted octanol–water partition coefficient (Wildman–Crippen LogP) is 2.37. The molecule has 0 N–H and O–H groups in total. The molecule has 2 rings (SSSR count). The average Bonchev–Trinajstić information content (AvgIpc) is 2.91. The van der Waals surface area contributed by atoms with Crippen LogP contribution >= 0.6 is 15.9 Å². The highest BCUT2D eigenvalue weighted by Gasteiger charge is 2.29. The van der Waals surface area contributed by atoms with Crippen LogP contribution in [0.2, 0.25) is 0 Å². The van der Waals surface area contributed by atoms with E-state index in [2.05, 4.69) is 20.9 Å². The lowest BCUT2D eigenvalue weighted by Gasteiger charge is -2.00. The number of nitrogens with zero attached hydrogens (tertiary/aromatic N) is 1. The molecule has 0 unspecified atom stereocenters. The summed E-state index contributed by atoms with van der Waals surface area (Å²) in [5.74, 6) is 0.660. The molecule has 3 heteroatoms. The summed E-state index contributed by atoms with van der Waals surface area (Å²) in [5, 5.41) is 0. The standard InChI is InChI=1S/C10H10BrNO/c11-8-2-1-5-12-9(8)6-10(13)7-3-4-7/h1-2,5,7H,3-4,6H2. The van der Waals surface area contributed by atoms with E-state index >= 15 is 0 Å². The van der Waals surface area contributed by atoms with Gasteiger partial charge in [0, 0.05) is 16.6 Å². The number of pyridine rings is 1. The minimum atomic E-state index is 0.328. The van der Waals surface area contributed by atoms with Crippen LogP contribution in [0.3, 0.4) is 0 Å². The first-order chi connectivity index (χ1) is 6.27. The fourth-order valence-corrected chi connectivity index (χ4v) is 1.66. The first-order valence-electron chi connectivity index (χ1n) is 4.39. The van der Waals surface area contributed by atoms with Crippen LogP contribution in [0.15, 0.2) is 22.8 Å². The number of hydrogen-bond donors (Lipinski definition) is 0. The Bertz CT molecular complexity index is 333. The van der Waals surface area contributed by atoms with E-state index in [-0.39, 0.29) is 0 Å². The summed E-state index contributed by atoms with van der Waals surface area (Å²) >= 11 is 3.38. The fraction of sp³-hybridized carbons (Fsp3) is 0.400. The molecule has 1 fully saturated rings. The first-order valence-corrected chi connectivity index (χ1v) is 5.19. The first kappa shape index (κ1) is 8.88. The van der Waals surface area contributed by atoms with E-state index in [1.807, 2.05) is 12.1 Å². The fourth-order valence-electron chi connectivity index (χ4n) is 1.26. The molecule has 0 aromatic carbocycles. The Kier molecular flexibility index (Phi) is 2.44. The average molecular weight is 240 g/mol. The molecule has 1 heterocycles. The van der Waals surface area contributed by atoms with Crippen molar-refractivity contribution in [1.82, 2.24) is 4.98 Å². The van der Waals surface area contributed by atoms with Gasteiger partial charge in [-0.25, -0.2) is 0 Å². The second-order valence-corrected chi connectivity index (χ2v) is 4.20. The lowest BCUT2D eigenvalue weighted by atomic mass is 10.1. The molecular weight excluding hydrogens is 230 g/mol. The van der Waals surface area contributed by atoms with Crippen molar-refractivity contribution in [3.8, 4) is 0 Å². The number of rotatable bonds is 3. The summed E-state index contributed by atoms with van der Waals surface area (Å²) in [7, 11) is 0. The minimum absolute atomic E-state index is 0.328. The van der Waals surface area contributed by atoms with Gasteiger partial charge in [-0.1, -0.05) is 0 Å². The van der Waals surface area contributed by atoms with Crippen molar-refractivity contribution in [1.29, 1.82) is 0 Å². The van der Waals surface area contributed by atoms with Gasteiger partial charge in [-0.05, 0) is 40.9 Å². The molecule has 68 valence electrons. The maximum absolute atomic E-state index is 11.5. The van der Waals surface area contributed by atoms with Gasteiger partial charge in [0.15, 0.2) is 0 Å². The number of halogens is 1. The van der Waals surface area contributed by atoms with Gasteiger partial charge in [-0.15, -0.1) is 0 Å². The second kappa shape index (κ2) is 3.58. The number of ketones is 1. The van der Waals surface area contributed by atoms with Gasteiger partial charge in [0.25, 0.3) is 0 Å². The lowest BCUT2D eigenvalue weighted by Crippen LogP contribution is -2.06. The second-order valence-electron chi connectivity index (χ2n) is 3.35. The van der Waals surface area contributed by atoms with Crippen molar-refractivity contribution in [3.63, 3.8) is 0 Å². The van der Waals surface area contributed by atoms with E-state index in [0.717, 1.165) is 23.0 Å². The summed E-state index contributed by atoms with van der Waals surface area (Å²) in [4.78, 5) is 15.6. The zero-order valence-corrected chi connectivity index (χ0v) is 8.75. The van der Waals surface area contributed by atoms with Gasteiger partial charge >= 0.3 is 0 Å². The van der Waals surface area contributed by atoms with Crippen LogP contribution < -0.4 is 0 Å². The molecule has 0 amide bonds. The summed E-state index contributed by atoms with van der Waals surface area (Å²) in [6, 6.07) is 3.78. The Balaban J connectivity index is 2.08. The number of carbonyl (C=O) groups is 1. The van der Waals surface area contributed by atoms with Crippen molar-refractivity contribution >= 4 is 21.7 Å². The maximum atomic E-state index is 11.5. The number of aromatic nitrogens is 1. The molecule has 2 nitrogen and oxygen atoms in total. The van der Waals surface area contributed by atoms with Crippen LogP contribution in [0.5, 0.6) is 0 Å². The van der Waals surface area contributed by atoms with E-state index in [0.29, 0.717) is 18.1 Å². The van der Waals surface area contributed by atoms with E-state index in [1.165, 1.54) is 0 Å². The number of hydrogen-bond acceptors (Lipinski definition) is 2. The van der Waals surface area contributed by atoms with Gasteiger partial charge in [0.05, 0.1) is 12.1 Å². The third kappa shape index (κ3) is 2.15. The van der Waals surface area contributed by atoms with E-state index < -0.39 is 0 Å². The predicted molar refractivity (Wildman–Crippen MR) is 53.4 cm³/mol. The summed E-state index contributed by atoms with van der Waals surface area (Å²) in [6.07, 6.45) is 4.35. The molecule has 0 aliphatic heterocycles. The molecule has 13 heavy (non-hydrogen) atoms. The van der Waals surface area contributed by atoms with Gasteiger partial charge in [0.1, 0.15) is 5.78 Å². The van der Waals surface area contributed by atoms with Crippen LogP contribution in [-0.2, 0) is 11.2 Å². The Morgan fingerprint density at radius 1 is 1.62 bits per heavy atom. The molecule has 0 spiro atoms. The molecule has 0 atom stereocenters. The Hall–Kier alpha value is -0.700. The third-order valence-electron chi connectivity index (χ3n) is 2.21. The zero-order chi connectivity index (χ0) is 9.26. The molecular formula is C10H10BrNO. The third-order valence-corrected chi connectivity index (χ3v) is 2.93. The highest BCUT2D eigenvalue weighted by atomic mass is 79.9. The number of carbonyl (C=O) groups excluding carboxylic acids is 1. The summed E-state index contributed by atoms with van der Waals surface area (Å²) < 4.78 is 0.934. The lowest BCUT2D eigenvalue weighted by molar-refractivity contribution is -0.119. The van der Waals surface area contributed by atoms with Gasteiger partial charge in [0.2, 0.25) is 0 Å². The van der Waals surface area contributed by atoms with Crippen LogP contribution in [0.25, 0.3) is 0 Å². The number of Topliss-reactive ketones (excluding diaryl/α,β-unsaturated/α-hetero) is 1. The topological polar surface area (TPSA) is 30.0 Å². The Morgan fingerprint density at radius 3 is 3.00 bits per heavy atom. The highest BCUT2D eigenvalue weighted by molar-refractivity contribution is 9.10. The van der Waals surface area contributed by atoms with Crippen molar-refractivity contribution in [2.24, 2.45) is 5.92 Å². The molecule has 0 bridgehead atoms. The van der Waals surface area contributed by atoms with E-state index in [9.17, 15) is 4.79 Å². The largest absolute Gasteiger partial charge is 0.299 e. The molecule has 0 saturated heterocycles. The highest BCUT2D eigenvalue weighted by Crippen LogP contribution is 2.31. The molecule has 1 aromatic rings. The Morgan fingerprint density at radius 2 is 2.38 bits per heavy atom. The molecule has 1 aliphatic rings. The van der Waals surface area contributed by atoms with Gasteiger partial charge in [-0.3, -0.25) is 9.78 Å². The van der Waals surface area contributed by atoms with Crippen LogP contribution in [-0.4, -0.2) is 10.8 Å². The molecule has 1 aliphatic carbocycles. The quantitative estimate of drug-likeness (QED) is 0.811. The molecule has 1 saturated carbocycles. The summed E-state index contributed by atoms with van der Waals surface area (Å²) in [5.41, 5.74) is 0.861. The van der Waals surface area contributed by atoms with Crippen LogP contribution in [0.4, 0.5) is 0 Å². The molecule has 1 aromatic heterocycles. The van der Waals surface area contributed by atoms with E-state index in [1.54, 1.807) is 6.20 Å². The van der Waals surface area contributed by atoms with Crippen molar-refractivity contribution in [2.45, 2.75) is 19.3 Å². The smallest absolute Gasteiger partial charge is 0.141 e. The van der Waals surface area contributed by atoms with Crippen molar-refractivity contribution in [2.75, 3.05) is 0 Å². The Labute approximate surface area is 85.5 Å². The van der Waals surface area contributed by atoms with E-state index in [4.69, 9.17) is 0 Å². The van der Waals surface area contributed by atoms with Crippen molar-refractivity contribution in [3.05, 3.63) is 28.5 Å². The zero-order valence-electron chi connectivity index (χ0n) is 7.16.